The van der Waals surface area contributed by atoms with Gasteiger partial charge in [0.1, 0.15) is 0 Å². The molecule has 0 aliphatic carbocycles. The first-order valence-electron chi connectivity index (χ1n) is 6.70. The number of hydrogen-bond acceptors (Lipinski definition) is 3. The van der Waals surface area contributed by atoms with Crippen LogP contribution in [0.5, 0.6) is 0 Å². The predicted octanol–water partition coefficient (Wildman–Crippen LogP) is 2.68. The molecule has 104 valence electrons. The smallest absolute Gasteiger partial charge is 0.192 e. The molecule has 0 spiro atoms. The molecule has 0 aromatic carbocycles. The van der Waals surface area contributed by atoms with Crippen molar-refractivity contribution in [3.63, 3.8) is 0 Å². The molecule has 0 saturated heterocycles. The van der Waals surface area contributed by atoms with Gasteiger partial charge in [-0.3, -0.25) is 4.90 Å². The Kier molecular flexibility index (Phi) is 6.92. The van der Waals surface area contributed by atoms with E-state index in [1.54, 1.807) is 0 Å². The standard InChI is InChI=1S/C13H32N2OSi/c1-12(2)15(9-8-14)10-11-16-17(6,7)13(3,4)5/h12H,8-11,14H2,1-7H3. The van der Waals surface area contributed by atoms with Gasteiger partial charge in [-0.2, -0.15) is 0 Å². The van der Waals surface area contributed by atoms with Crippen LogP contribution < -0.4 is 5.73 Å². The summed E-state index contributed by atoms with van der Waals surface area (Å²) in [5.74, 6) is 0. The topological polar surface area (TPSA) is 38.5 Å². The molecule has 0 aliphatic heterocycles. The normalized spacial score (nSPS) is 13.8. The van der Waals surface area contributed by atoms with E-state index in [-0.39, 0.29) is 0 Å². The first-order chi connectivity index (χ1) is 7.62. The molecule has 0 saturated carbocycles. The Morgan fingerprint density at radius 2 is 1.71 bits per heavy atom. The molecule has 0 bridgehead atoms. The first kappa shape index (κ1) is 17.1. The summed E-state index contributed by atoms with van der Waals surface area (Å²) in [5, 5.41) is 0.295. The van der Waals surface area contributed by atoms with Crippen molar-refractivity contribution in [1.82, 2.24) is 4.90 Å². The largest absolute Gasteiger partial charge is 0.416 e. The van der Waals surface area contributed by atoms with Crippen LogP contribution >= 0.6 is 0 Å². The molecule has 2 N–H and O–H groups in total. The lowest BCUT2D eigenvalue weighted by molar-refractivity contribution is 0.172. The summed E-state index contributed by atoms with van der Waals surface area (Å²) >= 11 is 0. The van der Waals surface area contributed by atoms with Gasteiger partial charge in [0.05, 0.1) is 0 Å². The van der Waals surface area contributed by atoms with Gasteiger partial charge in [-0.05, 0) is 32.0 Å². The highest BCUT2D eigenvalue weighted by molar-refractivity contribution is 6.74. The van der Waals surface area contributed by atoms with E-state index >= 15 is 0 Å². The van der Waals surface area contributed by atoms with E-state index in [1.165, 1.54) is 0 Å². The van der Waals surface area contributed by atoms with Crippen LogP contribution in [0, 0.1) is 0 Å². The molecule has 0 fully saturated rings. The fourth-order valence-corrected chi connectivity index (χ4v) is 2.46. The number of rotatable bonds is 7. The summed E-state index contributed by atoms with van der Waals surface area (Å²) in [6.45, 7) is 19.3. The van der Waals surface area contributed by atoms with E-state index < -0.39 is 8.32 Å². The third-order valence-electron chi connectivity index (χ3n) is 3.79. The summed E-state index contributed by atoms with van der Waals surface area (Å²) in [6.07, 6.45) is 0. The second-order valence-electron chi connectivity index (χ2n) is 6.53. The van der Waals surface area contributed by atoms with Crippen LogP contribution in [-0.2, 0) is 4.43 Å². The Bertz CT molecular complexity index is 212. The maximum absolute atomic E-state index is 6.18. The Morgan fingerprint density at radius 1 is 1.18 bits per heavy atom. The molecule has 0 heterocycles. The van der Waals surface area contributed by atoms with Crippen molar-refractivity contribution in [1.29, 1.82) is 0 Å². The lowest BCUT2D eigenvalue weighted by atomic mass is 10.2. The van der Waals surface area contributed by atoms with E-state index in [1.807, 2.05) is 0 Å². The summed E-state index contributed by atoms with van der Waals surface area (Å²) < 4.78 is 6.18. The summed E-state index contributed by atoms with van der Waals surface area (Å²) in [7, 11) is -1.59. The van der Waals surface area contributed by atoms with Crippen LogP contribution in [0.15, 0.2) is 0 Å². The number of hydrogen-bond donors (Lipinski definition) is 1. The van der Waals surface area contributed by atoms with E-state index in [2.05, 4.69) is 52.6 Å². The molecule has 0 aromatic heterocycles. The van der Waals surface area contributed by atoms with Gasteiger partial charge >= 0.3 is 0 Å². The number of nitrogens with two attached hydrogens (primary N) is 1. The minimum atomic E-state index is -1.59. The quantitative estimate of drug-likeness (QED) is 0.715. The Balaban J connectivity index is 4.12. The maximum atomic E-state index is 6.18. The second kappa shape index (κ2) is 6.88. The zero-order chi connectivity index (χ0) is 13.7. The van der Waals surface area contributed by atoms with Gasteiger partial charge in [0.25, 0.3) is 0 Å². The molecule has 4 heteroatoms. The Labute approximate surface area is 109 Å². The van der Waals surface area contributed by atoms with Crippen LogP contribution in [0.2, 0.25) is 18.1 Å². The molecule has 3 nitrogen and oxygen atoms in total. The average Bonchev–Trinajstić information content (AvgIpc) is 2.14. The molecule has 0 amide bonds. The molecule has 0 aliphatic rings. The maximum Gasteiger partial charge on any atom is 0.192 e. The summed E-state index contributed by atoms with van der Waals surface area (Å²) in [5.41, 5.74) is 5.62. The lowest BCUT2D eigenvalue weighted by Crippen LogP contribution is -2.44. The zero-order valence-corrected chi connectivity index (χ0v) is 13.8. The van der Waals surface area contributed by atoms with Gasteiger partial charge in [-0.25, -0.2) is 0 Å². The first-order valence-corrected chi connectivity index (χ1v) is 9.60. The summed E-state index contributed by atoms with van der Waals surface area (Å²) in [6, 6.07) is 0.543. The molecule has 17 heavy (non-hydrogen) atoms. The van der Waals surface area contributed by atoms with Gasteiger partial charge in [0.15, 0.2) is 8.32 Å². The molecule has 0 rings (SSSR count). The molecule has 0 atom stereocenters. The third-order valence-corrected chi connectivity index (χ3v) is 8.33. The molecular formula is C13H32N2OSi. The monoisotopic (exact) mass is 260 g/mol. The fourth-order valence-electron chi connectivity index (χ4n) is 1.43. The highest BCUT2D eigenvalue weighted by atomic mass is 28.4. The van der Waals surface area contributed by atoms with Gasteiger partial charge in [0.2, 0.25) is 0 Å². The van der Waals surface area contributed by atoms with Crippen molar-refractivity contribution < 1.29 is 4.43 Å². The average molecular weight is 260 g/mol. The fraction of sp³-hybridized carbons (Fsp3) is 1.00. The van der Waals surface area contributed by atoms with Gasteiger partial charge in [-0.1, -0.05) is 20.8 Å². The van der Waals surface area contributed by atoms with E-state index in [4.69, 9.17) is 10.2 Å². The Morgan fingerprint density at radius 3 is 2.06 bits per heavy atom. The lowest BCUT2D eigenvalue weighted by Gasteiger charge is -2.37. The van der Waals surface area contributed by atoms with E-state index in [0.717, 1.165) is 26.2 Å². The van der Waals surface area contributed by atoms with Gasteiger partial charge < -0.3 is 10.2 Å². The van der Waals surface area contributed by atoms with Crippen molar-refractivity contribution >= 4 is 8.32 Å². The van der Waals surface area contributed by atoms with Crippen molar-refractivity contribution in [2.75, 3.05) is 26.2 Å². The van der Waals surface area contributed by atoms with Crippen LogP contribution in [-0.4, -0.2) is 45.5 Å². The van der Waals surface area contributed by atoms with Crippen molar-refractivity contribution in [2.24, 2.45) is 5.73 Å². The molecule has 0 unspecified atom stereocenters. The van der Waals surface area contributed by atoms with Crippen LogP contribution in [0.3, 0.4) is 0 Å². The zero-order valence-electron chi connectivity index (χ0n) is 12.8. The SMILES string of the molecule is CC(C)N(CCN)CCO[Si](C)(C)C(C)(C)C. The second-order valence-corrected chi connectivity index (χ2v) is 11.3. The van der Waals surface area contributed by atoms with Crippen molar-refractivity contribution in [3.8, 4) is 0 Å². The van der Waals surface area contributed by atoms with Crippen molar-refractivity contribution in [3.05, 3.63) is 0 Å². The van der Waals surface area contributed by atoms with Crippen molar-refractivity contribution in [2.45, 2.75) is 58.8 Å². The third kappa shape index (κ3) is 6.00. The molecule has 0 aromatic rings. The van der Waals surface area contributed by atoms with Crippen LogP contribution in [0.1, 0.15) is 34.6 Å². The summed E-state index contributed by atoms with van der Waals surface area (Å²) in [4.78, 5) is 2.38. The van der Waals surface area contributed by atoms with Crippen LogP contribution in [0.25, 0.3) is 0 Å². The minimum Gasteiger partial charge on any atom is -0.416 e. The van der Waals surface area contributed by atoms with E-state index in [9.17, 15) is 0 Å². The Hall–Kier alpha value is 0.0969. The molecular weight excluding hydrogens is 228 g/mol. The van der Waals surface area contributed by atoms with E-state index in [0.29, 0.717) is 11.1 Å². The highest BCUT2D eigenvalue weighted by Gasteiger charge is 2.36. The van der Waals surface area contributed by atoms with Crippen LogP contribution in [0.4, 0.5) is 0 Å². The highest BCUT2D eigenvalue weighted by Crippen LogP contribution is 2.36. The number of nitrogens with zero attached hydrogens (tertiary/aromatic N) is 1. The minimum absolute atomic E-state index is 0.295. The predicted molar refractivity (Wildman–Crippen MR) is 78.9 cm³/mol. The van der Waals surface area contributed by atoms with Gasteiger partial charge in [-0.15, -0.1) is 0 Å². The molecule has 0 radical (unpaired) electrons. The van der Waals surface area contributed by atoms with Gasteiger partial charge in [0, 0.05) is 32.3 Å².